The average Bonchev–Trinajstić information content (AvgIpc) is 3.08. The van der Waals surface area contributed by atoms with E-state index < -0.39 is 41.2 Å². The first-order valence-corrected chi connectivity index (χ1v) is 6.83. The third kappa shape index (κ3) is 2.95. The second-order valence-corrected chi connectivity index (χ2v) is 5.03. The Morgan fingerprint density at radius 3 is 2.17 bits per heavy atom. The smallest absolute Gasteiger partial charge is 0.184 e. The SMILES string of the molecule is OC(c1cccc(C2OCCO2)c1)c1c(F)c(F)cc(F)c1F. The maximum Gasteiger partial charge on any atom is 0.184 e. The number of benzene rings is 2. The molecule has 0 aromatic heterocycles. The van der Waals surface area contributed by atoms with Crippen LogP contribution in [0.2, 0.25) is 0 Å². The summed E-state index contributed by atoms with van der Waals surface area (Å²) in [6.45, 7) is 0.797. The van der Waals surface area contributed by atoms with Crippen LogP contribution in [-0.4, -0.2) is 18.3 Å². The zero-order valence-corrected chi connectivity index (χ0v) is 11.7. The fourth-order valence-corrected chi connectivity index (χ4v) is 2.42. The molecule has 1 N–H and O–H groups in total. The summed E-state index contributed by atoms with van der Waals surface area (Å²) in [5, 5.41) is 10.2. The van der Waals surface area contributed by atoms with Gasteiger partial charge in [0.1, 0.15) is 6.10 Å². The van der Waals surface area contributed by atoms with Crippen LogP contribution in [0, 0.1) is 23.3 Å². The van der Waals surface area contributed by atoms with Gasteiger partial charge >= 0.3 is 0 Å². The molecule has 3 nitrogen and oxygen atoms in total. The molecular weight excluding hydrogens is 316 g/mol. The number of halogens is 4. The molecule has 0 saturated carbocycles. The first-order valence-electron chi connectivity index (χ1n) is 6.83. The summed E-state index contributed by atoms with van der Waals surface area (Å²) in [5.41, 5.74) is -0.492. The highest BCUT2D eigenvalue weighted by Gasteiger charge is 2.27. The minimum Gasteiger partial charge on any atom is -0.383 e. The molecule has 7 heteroatoms. The van der Waals surface area contributed by atoms with Gasteiger partial charge in [0.2, 0.25) is 0 Å². The van der Waals surface area contributed by atoms with Crippen molar-refractivity contribution in [2.75, 3.05) is 13.2 Å². The van der Waals surface area contributed by atoms with Crippen molar-refractivity contribution in [1.29, 1.82) is 0 Å². The predicted molar refractivity (Wildman–Crippen MR) is 71.4 cm³/mol. The van der Waals surface area contributed by atoms with Crippen LogP contribution in [0.5, 0.6) is 0 Å². The van der Waals surface area contributed by atoms with Gasteiger partial charge in [-0.05, 0) is 11.6 Å². The van der Waals surface area contributed by atoms with Crippen molar-refractivity contribution < 1.29 is 32.1 Å². The van der Waals surface area contributed by atoms with Gasteiger partial charge < -0.3 is 14.6 Å². The van der Waals surface area contributed by atoms with Gasteiger partial charge in [-0.25, -0.2) is 17.6 Å². The third-order valence-electron chi connectivity index (χ3n) is 3.54. The lowest BCUT2D eigenvalue weighted by Crippen LogP contribution is -2.10. The molecule has 23 heavy (non-hydrogen) atoms. The number of hydrogen-bond acceptors (Lipinski definition) is 3. The van der Waals surface area contributed by atoms with Crippen molar-refractivity contribution in [3.8, 4) is 0 Å². The quantitative estimate of drug-likeness (QED) is 0.693. The molecule has 1 heterocycles. The van der Waals surface area contributed by atoms with E-state index in [1.165, 1.54) is 18.2 Å². The molecule has 0 aliphatic carbocycles. The fourth-order valence-electron chi connectivity index (χ4n) is 2.42. The maximum absolute atomic E-state index is 13.8. The van der Waals surface area contributed by atoms with E-state index in [9.17, 15) is 22.7 Å². The lowest BCUT2D eigenvalue weighted by molar-refractivity contribution is -0.0442. The van der Waals surface area contributed by atoms with Crippen molar-refractivity contribution in [2.24, 2.45) is 0 Å². The van der Waals surface area contributed by atoms with E-state index in [2.05, 4.69) is 0 Å². The van der Waals surface area contributed by atoms with Gasteiger partial charge in [0.15, 0.2) is 29.6 Å². The van der Waals surface area contributed by atoms with Gasteiger partial charge in [-0.2, -0.15) is 0 Å². The normalized spacial score (nSPS) is 16.7. The van der Waals surface area contributed by atoms with Crippen LogP contribution in [0.3, 0.4) is 0 Å². The van der Waals surface area contributed by atoms with Crippen molar-refractivity contribution >= 4 is 0 Å². The summed E-state index contributed by atoms with van der Waals surface area (Å²) in [5.74, 6) is -6.40. The summed E-state index contributed by atoms with van der Waals surface area (Å²) in [6, 6.07) is 6.04. The van der Waals surface area contributed by atoms with Crippen LogP contribution in [0.15, 0.2) is 30.3 Å². The first kappa shape index (κ1) is 15.9. The Morgan fingerprint density at radius 1 is 0.957 bits per heavy atom. The number of aliphatic hydroxyl groups excluding tert-OH is 1. The average molecular weight is 328 g/mol. The molecular formula is C16H12F4O3. The van der Waals surface area contributed by atoms with E-state index in [1.54, 1.807) is 6.07 Å². The number of ether oxygens (including phenoxy) is 2. The van der Waals surface area contributed by atoms with Gasteiger partial charge in [-0.15, -0.1) is 0 Å². The molecule has 122 valence electrons. The van der Waals surface area contributed by atoms with Crippen LogP contribution in [-0.2, 0) is 9.47 Å². The Hall–Kier alpha value is -1.96. The summed E-state index contributed by atoms with van der Waals surface area (Å²) >= 11 is 0. The number of rotatable bonds is 3. The molecule has 0 radical (unpaired) electrons. The zero-order chi connectivity index (χ0) is 16.6. The lowest BCUT2D eigenvalue weighted by Gasteiger charge is -2.16. The standard InChI is InChI=1S/C16H12F4O3/c17-10-7-11(18)14(20)12(13(10)19)15(21)8-2-1-3-9(6-8)16-22-4-5-23-16/h1-3,6-7,15-16,21H,4-5H2. The minimum absolute atomic E-state index is 0.0596. The lowest BCUT2D eigenvalue weighted by atomic mass is 9.98. The van der Waals surface area contributed by atoms with Gasteiger partial charge in [-0.1, -0.05) is 18.2 Å². The highest BCUT2D eigenvalue weighted by Crippen LogP contribution is 2.32. The molecule has 0 amide bonds. The zero-order valence-electron chi connectivity index (χ0n) is 11.7. The monoisotopic (exact) mass is 328 g/mol. The highest BCUT2D eigenvalue weighted by molar-refractivity contribution is 5.35. The molecule has 1 aliphatic rings. The van der Waals surface area contributed by atoms with E-state index in [0.717, 1.165) is 0 Å². The minimum atomic E-state index is -1.87. The van der Waals surface area contributed by atoms with E-state index in [4.69, 9.17) is 9.47 Å². The molecule has 2 aromatic carbocycles. The molecule has 0 spiro atoms. The Balaban J connectivity index is 2.01. The molecule has 2 aromatic rings. The van der Waals surface area contributed by atoms with E-state index in [-0.39, 0.29) is 11.6 Å². The Bertz CT molecular complexity index is 703. The van der Waals surface area contributed by atoms with Gasteiger partial charge in [0, 0.05) is 11.6 Å². The van der Waals surface area contributed by atoms with Gasteiger partial charge in [0.25, 0.3) is 0 Å². The second-order valence-electron chi connectivity index (χ2n) is 5.03. The topological polar surface area (TPSA) is 38.7 Å². The number of hydrogen-bond donors (Lipinski definition) is 1. The summed E-state index contributed by atoms with van der Waals surface area (Å²) in [7, 11) is 0. The van der Waals surface area contributed by atoms with Crippen molar-refractivity contribution in [2.45, 2.75) is 12.4 Å². The molecule has 1 fully saturated rings. The largest absolute Gasteiger partial charge is 0.383 e. The van der Waals surface area contributed by atoms with Crippen molar-refractivity contribution in [3.63, 3.8) is 0 Å². The van der Waals surface area contributed by atoms with Gasteiger partial charge in [-0.3, -0.25) is 0 Å². The third-order valence-corrected chi connectivity index (χ3v) is 3.54. The highest BCUT2D eigenvalue weighted by atomic mass is 19.2. The van der Waals surface area contributed by atoms with Crippen molar-refractivity contribution in [3.05, 3.63) is 70.3 Å². The van der Waals surface area contributed by atoms with E-state index >= 15 is 0 Å². The fraction of sp³-hybridized carbons (Fsp3) is 0.250. The Kier molecular flexibility index (Phi) is 4.34. The molecule has 1 unspecified atom stereocenters. The summed E-state index contributed by atoms with van der Waals surface area (Å²) < 4.78 is 64.7. The van der Waals surface area contributed by atoms with Crippen LogP contribution in [0.1, 0.15) is 29.1 Å². The Morgan fingerprint density at radius 2 is 1.57 bits per heavy atom. The maximum atomic E-state index is 13.8. The molecule has 1 saturated heterocycles. The molecule has 3 rings (SSSR count). The van der Waals surface area contributed by atoms with Crippen molar-refractivity contribution in [1.82, 2.24) is 0 Å². The van der Waals surface area contributed by atoms with Crippen LogP contribution in [0.4, 0.5) is 17.6 Å². The van der Waals surface area contributed by atoms with Crippen LogP contribution in [0.25, 0.3) is 0 Å². The second kappa shape index (κ2) is 6.27. The molecule has 0 bridgehead atoms. The van der Waals surface area contributed by atoms with Crippen LogP contribution < -0.4 is 0 Å². The van der Waals surface area contributed by atoms with E-state index in [1.807, 2.05) is 0 Å². The summed E-state index contributed by atoms with van der Waals surface area (Å²) in [4.78, 5) is 0. The van der Waals surface area contributed by atoms with E-state index in [0.29, 0.717) is 18.8 Å². The predicted octanol–water partition coefficient (Wildman–Crippen LogP) is 3.37. The van der Waals surface area contributed by atoms with Crippen LogP contribution >= 0.6 is 0 Å². The Labute approximate surface area is 129 Å². The molecule has 1 atom stereocenters. The number of aliphatic hydroxyl groups is 1. The van der Waals surface area contributed by atoms with Gasteiger partial charge in [0.05, 0.1) is 18.8 Å². The first-order chi connectivity index (χ1) is 11.0. The summed E-state index contributed by atoms with van der Waals surface area (Å²) in [6.07, 6.45) is -2.53. The molecule has 1 aliphatic heterocycles.